The smallest absolute Gasteiger partial charge is 0.227 e. The molecule has 2 aromatic heterocycles. The fourth-order valence-electron chi connectivity index (χ4n) is 2.46. The Hall–Kier alpha value is -1.77. The second kappa shape index (κ2) is 8.19. The molecule has 3 rings (SSSR count). The number of hydrogen-bond acceptors (Lipinski definition) is 7. The molecule has 0 radical (unpaired) electrons. The van der Waals surface area contributed by atoms with E-state index in [2.05, 4.69) is 25.7 Å². The van der Waals surface area contributed by atoms with Gasteiger partial charge in [0.1, 0.15) is 0 Å². The van der Waals surface area contributed by atoms with E-state index in [0.717, 1.165) is 37.6 Å². The molecule has 0 atom stereocenters. The van der Waals surface area contributed by atoms with Crippen molar-refractivity contribution in [3.63, 3.8) is 0 Å². The first-order valence-corrected chi connectivity index (χ1v) is 8.75. The van der Waals surface area contributed by atoms with Gasteiger partial charge in [0.05, 0.1) is 4.88 Å². The number of thiophene rings is 1. The molecule has 8 heteroatoms. The van der Waals surface area contributed by atoms with Gasteiger partial charge in [-0.1, -0.05) is 11.2 Å². The number of nitrogens with one attached hydrogen (secondary N) is 2. The highest BCUT2D eigenvalue weighted by molar-refractivity contribution is 7.13. The Morgan fingerprint density at radius 3 is 3.09 bits per heavy atom. The van der Waals surface area contributed by atoms with Crippen LogP contribution < -0.4 is 10.6 Å². The van der Waals surface area contributed by atoms with E-state index in [1.165, 1.54) is 0 Å². The van der Waals surface area contributed by atoms with E-state index >= 15 is 0 Å². The van der Waals surface area contributed by atoms with Gasteiger partial charge in [0.15, 0.2) is 0 Å². The van der Waals surface area contributed by atoms with Crippen molar-refractivity contribution >= 4 is 17.2 Å². The van der Waals surface area contributed by atoms with Gasteiger partial charge in [-0.05, 0) is 11.4 Å². The number of rotatable bonds is 7. The fraction of sp³-hybridized carbons (Fsp3) is 0.533. The number of hydrogen-bond donors (Lipinski definition) is 2. The van der Waals surface area contributed by atoms with Crippen LogP contribution in [-0.4, -0.2) is 60.2 Å². The Kier molecular flexibility index (Phi) is 5.73. The van der Waals surface area contributed by atoms with Gasteiger partial charge >= 0.3 is 0 Å². The third-order valence-corrected chi connectivity index (χ3v) is 4.60. The molecule has 0 spiro atoms. The molecule has 1 aliphatic rings. The summed E-state index contributed by atoms with van der Waals surface area (Å²) >= 11 is 1.56. The summed E-state index contributed by atoms with van der Waals surface area (Å²) in [6.07, 6.45) is 0.839. The van der Waals surface area contributed by atoms with Crippen molar-refractivity contribution < 1.29 is 9.32 Å². The average molecular weight is 335 g/mol. The van der Waals surface area contributed by atoms with Gasteiger partial charge in [-0.25, -0.2) is 0 Å². The van der Waals surface area contributed by atoms with Gasteiger partial charge < -0.3 is 15.2 Å². The predicted molar refractivity (Wildman–Crippen MR) is 88.3 cm³/mol. The lowest BCUT2D eigenvalue weighted by molar-refractivity contribution is -0.121. The molecule has 1 fully saturated rings. The maximum Gasteiger partial charge on any atom is 0.227 e. The van der Waals surface area contributed by atoms with Crippen LogP contribution >= 0.6 is 11.3 Å². The molecule has 0 unspecified atom stereocenters. The van der Waals surface area contributed by atoms with Crippen molar-refractivity contribution in [3.8, 4) is 10.7 Å². The van der Waals surface area contributed by atoms with E-state index in [9.17, 15) is 4.79 Å². The maximum absolute atomic E-state index is 11.9. The van der Waals surface area contributed by atoms with Crippen molar-refractivity contribution in [2.24, 2.45) is 0 Å². The molecule has 1 amide bonds. The number of amides is 1. The molecule has 1 saturated heterocycles. The average Bonchev–Trinajstić information content (AvgIpc) is 3.25. The van der Waals surface area contributed by atoms with Gasteiger partial charge in [0, 0.05) is 52.1 Å². The molecular weight excluding hydrogens is 314 g/mol. The van der Waals surface area contributed by atoms with Crippen molar-refractivity contribution in [2.75, 3.05) is 39.3 Å². The number of aryl methyl sites for hydroxylation is 1. The molecule has 0 aliphatic carbocycles. The summed E-state index contributed by atoms with van der Waals surface area (Å²) in [5, 5.41) is 12.2. The minimum atomic E-state index is 0.0241. The lowest BCUT2D eigenvalue weighted by atomic mass is 10.3. The Labute approximate surface area is 139 Å². The van der Waals surface area contributed by atoms with E-state index in [1.807, 2.05) is 17.5 Å². The summed E-state index contributed by atoms with van der Waals surface area (Å²) in [4.78, 5) is 19.5. The molecule has 0 aromatic carbocycles. The van der Waals surface area contributed by atoms with Crippen LogP contribution in [0.5, 0.6) is 0 Å². The zero-order chi connectivity index (χ0) is 15.9. The summed E-state index contributed by atoms with van der Waals surface area (Å²) in [5.74, 6) is 1.12. The topological polar surface area (TPSA) is 83.3 Å². The number of aromatic nitrogens is 2. The van der Waals surface area contributed by atoms with Crippen LogP contribution in [0.1, 0.15) is 12.3 Å². The quantitative estimate of drug-likeness (QED) is 0.777. The zero-order valence-corrected chi connectivity index (χ0v) is 13.8. The molecule has 0 saturated carbocycles. The van der Waals surface area contributed by atoms with Crippen LogP contribution in [0.3, 0.4) is 0 Å². The lowest BCUT2D eigenvalue weighted by Crippen LogP contribution is -2.46. The lowest BCUT2D eigenvalue weighted by Gasteiger charge is -2.27. The van der Waals surface area contributed by atoms with Gasteiger partial charge in [0.25, 0.3) is 0 Å². The van der Waals surface area contributed by atoms with Crippen LogP contribution in [0, 0.1) is 0 Å². The largest absolute Gasteiger partial charge is 0.355 e. The van der Waals surface area contributed by atoms with Crippen LogP contribution in [0.2, 0.25) is 0 Å². The summed E-state index contributed by atoms with van der Waals surface area (Å²) in [7, 11) is 0. The Morgan fingerprint density at radius 1 is 1.43 bits per heavy atom. The van der Waals surface area contributed by atoms with Crippen LogP contribution in [0.25, 0.3) is 10.7 Å². The number of piperazine rings is 1. The van der Waals surface area contributed by atoms with Crippen molar-refractivity contribution in [2.45, 2.75) is 12.8 Å². The number of carbonyl (C=O) groups is 1. The SMILES string of the molecule is O=C(CCc1nc(-c2cccs2)no1)NCCN1CCNCC1. The maximum atomic E-state index is 11.9. The first-order valence-electron chi connectivity index (χ1n) is 7.87. The minimum absolute atomic E-state index is 0.0241. The molecule has 7 nitrogen and oxygen atoms in total. The van der Waals surface area contributed by atoms with E-state index in [-0.39, 0.29) is 5.91 Å². The Balaban J connectivity index is 1.35. The van der Waals surface area contributed by atoms with Gasteiger partial charge in [-0.3, -0.25) is 9.69 Å². The highest BCUT2D eigenvalue weighted by atomic mass is 32.1. The molecule has 124 valence electrons. The second-order valence-corrected chi connectivity index (χ2v) is 6.38. The standard InChI is InChI=1S/C15H21N5O2S/c21-13(17-7-10-20-8-5-16-6-9-20)3-4-14-18-15(19-22-14)12-2-1-11-23-12/h1-2,11,16H,3-10H2,(H,17,21). The zero-order valence-electron chi connectivity index (χ0n) is 13.0. The monoisotopic (exact) mass is 335 g/mol. The number of carbonyl (C=O) groups excluding carboxylic acids is 1. The molecule has 3 heterocycles. The predicted octanol–water partition coefficient (Wildman–Crippen LogP) is 0.752. The van der Waals surface area contributed by atoms with Crippen molar-refractivity contribution in [3.05, 3.63) is 23.4 Å². The molecule has 2 N–H and O–H groups in total. The summed E-state index contributed by atoms with van der Waals surface area (Å²) in [6, 6.07) is 3.89. The first kappa shape index (κ1) is 16.1. The van der Waals surface area contributed by atoms with Gasteiger partial charge in [-0.15, -0.1) is 11.3 Å². The van der Waals surface area contributed by atoms with Gasteiger partial charge in [-0.2, -0.15) is 4.98 Å². The van der Waals surface area contributed by atoms with E-state index in [4.69, 9.17) is 4.52 Å². The molecule has 1 aliphatic heterocycles. The van der Waals surface area contributed by atoms with Gasteiger partial charge in [0.2, 0.25) is 17.6 Å². The Morgan fingerprint density at radius 2 is 2.30 bits per heavy atom. The molecule has 23 heavy (non-hydrogen) atoms. The first-order chi connectivity index (χ1) is 11.3. The highest BCUT2D eigenvalue weighted by Gasteiger charge is 2.12. The van der Waals surface area contributed by atoms with E-state index in [1.54, 1.807) is 11.3 Å². The Bertz CT molecular complexity index is 607. The summed E-state index contributed by atoms with van der Waals surface area (Å²) in [5.41, 5.74) is 0. The van der Waals surface area contributed by atoms with Crippen molar-refractivity contribution in [1.82, 2.24) is 25.7 Å². The van der Waals surface area contributed by atoms with Crippen LogP contribution in [0.4, 0.5) is 0 Å². The normalized spacial score (nSPS) is 15.7. The number of nitrogens with zero attached hydrogens (tertiary/aromatic N) is 3. The van der Waals surface area contributed by atoms with E-state index in [0.29, 0.717) is 31.1 Å². The molecule has 2 aromatic rings. The van der Waals surface area contributed by atoms with Crippen LogP contribution in [-0.2, 0) is 11.2 Å². The molecule has 0 bridgehead atoms. The molecular formula is C15H21N5O2S. The van der Waals surface area contributed by atoms with Crippen molar-refractivity contribution in [1.29, 1.82) is 0 Å². The highest BCUT2D eigenvalue weighted by Crippen LogP contribution is 2.21. The van der Waals surface area contributed by atoms with E-state index < -0.39 is 0 Å². The second-order valence-electron chi connectivity index (χ2n) is 5.43. The minimum Gasteiger partial charge on any atom is -0.355 e. The summed E-state index contributed by atoms with van der Waals surface area (Å²) < 4.78 is 5.19. The summed E-state index contributed by atoms with van der Waals surface area (Å²) in [6.45, 7) is 5.72. The van der Waals surface area contributed by atoms with Crippen LogP contribution in [0.15, 0.2) is 22.0 Å². The third kappa shape index (κ3) is 4.85. The third-order valence-electron chi connectivity index (χ3n) is 3.74. The fourth-order valence-corrected chi connectivity index (χ4v) is 3.11.